The highest BCUT2D eigenvalue weighted by Crippen LogP contribution is 2.11. The van der Waals surface area contributed by atoms with Crippen LogP contribution in [-0.2, 0) is 16.0 Å². The summed E-state index contributed by atoms with van der Waals surface area (Å²) in [4.78, 5) is 22.8. The second kappa shape index (κ2) is 9.16. The van der Waals surface area contributed by atoms with E-state index < -0.39 is 11.9 Å². The highest BCUT2D eigenvalue weighted by atomic mass is 16.4. The molecule has 1 amide bonds. The van der Waals surface area contributed by atoms with Crippen LogP contribution < -0.4 is 5.32 Å². The minimum absolute atomic E-state index is 0.0686. The molecular weight excluding hydrogens is 266 g/mol. The van der Waals surface area contributed by atoms with Gasteiger partial charge >= 0.3 is 5.97 Å². The molecular formula is C17H25NO3. The zero-order valence-electron chi connectivity index (χ0n) is 12.8. The number of carbonyl (C=O) groups is 2. The molecule has 1 rings (SSSR count). The molecule has 2 N–H and O–H groups in total. The lowest BCUT2D eigenvalue weighted by molar-refractivity contribution is -0.142. The Hall–Kier alpha value is -1.84. The maximum Gasteiger partial charge on any atom is 0.308 e. The molecule has 0 fully saturated rings. The number of amides is 1. The third-order valence-corrected chi connectivity index (χ3v) is 3.36. The highest BCUT2D eigenvalue weighted by molar-refractivity contribution is 5.77. The molecule has 4 nitrogen and oxygen atoms in total. The number of hydrogen-bond acceptors (Lipinski definition) is 2. The lowest BCUT2D eigenvalue weighted by Crippen LogP contribution is -2.33. The Bertz CT molecular complexity index is 443. The average molecular weight is 291 g/mol. The van der Waals surface area contributed by atoms with Gasteiger partial charge in [-0.2, -0.15) is 0 Å². The van der Waals surface area contributed by atoms with E-state index in [1.54, 1.807) is 0 Å². The first-order chi connectivity index (χ1) is 9.99. The zero-order valence-corrected chi connectivity index (χ0v) is 12.8. The van der Waals surface area contributed by atoms with E-state index in [1.165, 1.54) is 5.56 Å². The van der Waals surface area contributed by atoms with Crippen LogP contribution in [-0.4, -0.2) is 23.5 Å². The number of rotatable bonds is 9. The summed E-state index contributed by atoms with van der Waals surface area (Å²) in [5, 5.41) is 11.8. The molecule has 1 aromatic carbocycles. The van der Waals surface area contributed by atoms with Crippen LogP contribution in [0.2, 0.25) is 0 Å². The van der Waals surface area contributed by atoms with Crippen molar-refractivity contribution < 1.29 is 14.7 Å². The van der Waals surface area contributed by atoms with Crippen LogP contribution in [0.1, 0.15) is 38.7 Å². The fraction of sp³-hybridized carbons (Fsp3) is 0.529. The van der Waals surface area contributed by atoms with E-state index in [2.05, 4.69) is 5.32 Å². The molecule has 116 valence electrons. The monoisotopic (exact) mass is 291 g/mol. The Labute approximate surface area is 126 Å². The number of hydrogen-bond donors (Lipinski definition) is 2. The molecule has 4 heteroatoms. The highest BCUT2D eigenvalue weighted by Gasteiger charge is 2.19. The maximum absolute atomic E-state index is 11.7. The second-order valence-electron chi connectivity index (χ2n) is 5.81. The van der Waals surface area contributed by atoms with Crippen LogP contribution in [0.15, 0.2) is 30.3 Å². The third kappa shape index (κ3) is 7.49. The summed E-state index contributed by atoms with van der Waals surface area (Å²) in [6, 6.07) is 10.0. The van der Waals surface area contributed by atoms with E-state index in [-0.39, 0.29) is 12.5 Å². The summed E-state index contributed by atoms with van der Waals surface area (Å²) in [7, 11) is 0. The number of aryl methyl sites for hydroxylation is 1. The number of nitrogens with one attached hydrogen (secondary N) is 1. The summed E-state index contributed by atoms with van der Waals surface area (Å²) in [6.07, 6.45) is 2.66. The van der Waals surface area contributed by atoms with Crippen molar-refractivity contribution in [3.63, 3.8) is 0 Å². The number of aliphatic carboxylic acids is 1. The Kier molecular flexibility index (Phi) is 7.51. The van der Waals surface area contributed by atoms with Gasteiger partial charge in [0.25, 0.3) is 0 Å². The van der Waals surface area contributed by atoms with Crippen molar-refractivity contribution in [3.05, 3.63) is 35.9 Å². The van der Waals surface area contributed by atoms with E-state index in [1.807, 2.05) is 44.2 Å². The van der Waals surface area contributed by atoms with Gasteiger partial charge < -0.3 is 10.4 Å². The number of benzene rings is 1. The molecule has 21 heavy (non-hydrogen) atoms. The van der Waals surface area contributed by atoms with Crippen LogP contribution in [0, 0.1) is 11.8 Å². The summed E-state index contributed by atoms with van der Waals surface area (Å²) >= 11 is 0. The van der Waals surface area contributed by atoms with Gasteiger partial charge in [0.15, 0.2) is 0 Å². The van der Waals surface area contributed by atoms with Crippen LogP contribution >= 0.6 is 0 Å². The molecule has 1 unspecified atom stereocenters. The normalized spacial score (nSPS) is 12.1. The fourth-order valence-electron chi connectivity index (χ4n) is 2.26. The molecule has 0 spiro atoms. The van der Waals surface area contributed by atoms with Gasteiger partial charge in [-0.25, -0.2) is 0 Å². The lowest BCUT2D eigenvalue weighted by atomic mass is 9.97. The number of carbonyl (C=O) groups excluding carboxylic acids is 1. The molecule has 1 aromatic rings. The molecule has 0 radical (unpaired) electrons. The molecule has 1 atom stereocenters. The molecule has 0 aromatic heterocycles. The molecule has 0 aliphatic rings. The predicted molar refractivity (Wildman–Crippen MR) is 83.0 cm³/mol. The predicted octanol–water partition coefficient (Wildman–Crippen LogP) is 2.87. The third-order valence-electron chi connectivity index (χ3n) is 3.36. The van der Waals surface area contributed by atoms with Crippen molar-refractivity contribution in [2.75, 3.05) is 6.54 Å². The summed E-state index contributed by atoms with van der Waals surface area (Å²) in [5.41, 5.74) is 1.22. The van der Waals surface area contributed by atoms with E-state index >= 15 is 0 Å². The fourth-order valence-corrected chi connectivity index (χ4v) is 2.26. The van der Waals surface area contributed by atoms with Gasteiger partial charge in [-0.15, -0.1) is 0 Å². The Balaban J connectivity index is 2.25. The number of carboxylic acid groups (broad SMARTS) is 1. The topological polar surface area (TPSA) is 66.4 Å². The molecule has 0 bridgehead atoms. The van der Waals surface area contributed by atoms with Gasteiger partial charge in [-0.1, -0.05) is 44.2 Å². The smallest absolute Gasteiger partial charge is 0.308 e. The maximum atomic E-state index is 11.7. The van der Waals surface area contributed by atoms with Crippen molar-refractivity contribution in [1.29, 1.82) is 0 Å². The van der Waals surface area contributed by atoms with Crippen LogP contribution in [0.4, 0.5) is 0 Å². The van der Waals surface area contributed by atoms with Crippen LogP contribution in [0.3, 0.4) is 0 Å². The van der Waals surface area contributed by atoms with Crippen molar-refractivity contribution >= 4 is 11.9 Å². The van der Waals surface area contributed by atoms with Gasteiger partial charge in [-0.3, -0.25) is 9.59 Å². The van der Waals surface area contributed by atoms with Crippen molar-refractivity contribution in [2.24, 2.45) is 11.8 Å². The first-order valence-corrected chi connectivity index (χ1v) is 7.52. The van der Waals surface area contributed by atoms with Crippen molar-refractivity contribution in [2.45, 2.75) is 39.5 Å². The second-order valence-corrected chi connectivity index (χ2v) is 5.81. The summed E-state index contributed by atoms with van der Waals surface area (Å²) in [6.45, 7) is 4.19. The van der Waals surface area contributed by atoms with Gasteiger partial charge in [0.1, 0.15) is 0 Å². The summed E-state index contributed by atoms with van der Waals surface area (Å²) in [5.74, 6) is -1.10. The van der Waals surface area contributed by atoms with Crippen molar-refractivity contribution in [3.8, 4) is 0 Å². The molecule has 0 heterocycles. The quantitative estimate of drug-likeness (QED) is 0.735. The van der Waals surface area contributed by atoms with Gasteiger partial charge in [0.2, 0.25) is 5.91 Å². The molecule has 0 saturated carbocycles. The standard InChI is InChI=1S/C17H25NO3/c1-13(2)11-15(17(20)21)12-18-16(19)10-6-9-14-7-4-3-5-8-14/h3-5,7-8,13,15H,6,9-12H2,1-2H3,(H,18,19)(H,20,21). The molecule has 0 aliphatic heterocycles. The average Bonchev–Trinajstić information content (AvgIpc) is 2.44. The van der Waals surface area contributed by atoms with Crippen molar-refractivity contribution in [1.82, 2.24) is 5.32 Å². The Morgan fingerprint density at radius 3 is 2.43 bits per heavy atom. The van der Waals surface area contributed by atoms with Gasteiger partial charge in [-0.05, 0) is 30.7 Å². The summed E-state index contributed by atoms with van der Waals surface area (Å²) < 4.78 is 0. The first kappa shape index (κ1) is 17.2. The first-order valence-electron chi connectivity index (χ1n) is 7.52. The Morgan fingerprint density at radius 2 is 1.86 bits per heavy atom. The largest absolute Gasteiger partial charge is 0.481 e. The molecule has 0 aliphatic carbocycles. The van der Waals surface area contributed by atoms with E-state index in [0.29, 0.717) is 18.8 Å². The Morgan fingerprint density at radius 1 is 1.19 bits per heavy atom. The minimum atomic E-state index is -0.840. The van der Waals surface area contributed by atoms with E-state index in [9.17, 15) is 9.59 Å². The van der Waals surface area contributed by atoms with Gasteiger partial charge in [0, 0.05) is 13.0 Å². The van der Waals surface area contributed by atoms with Crippen LogP contribution in [0.5, 0.6) is 0 Å². The van der Waals surface area contributed by atoms with Crippen LogP contribution in [0.25, 0.3) is 0 Å². The molecule has 0 saturated heterocycles. The lowest BCUT2D eigenvalue weighted by Gasteiger charge is -2.15. The van der Waals surface area contributed by atoms with E-state index in [0.717, 1.165) is 12.8 Å². The van der Waals surface area contributed by atoms with E-state index in [4.69, 9.17) is 5.11 Å². The SMILES string of the molecule is CC(C)CC(CNC(=O)CCCc1ccccc1)C(=O)O. The van der Waals surface area contributed by atoms with Gasteiger partial charge in [0.05, 0.1) is 5.92 Å². The zero-order chi connectivity index (χ0) is 15.7. The minimum Gasteiger partial charge on any atom is -0.481 e. The number of carboxylic acids is 1.